The lowest BCUT2D eigenvalue weighted by atomic mass is 10.0. The number of likely N-dealkylation sites (N-methyl/N-ethyl adjacent to an activating group) is 1. The summed E-state index contributed by atoms with van der Waals surface area (Å²) in [5.41, 5.74) is 0.136. The molecule has 158 valence electrons. The minimum Gasteiger partial charge on any atom is -0.507 e. The van der Waals surface area contributed by atoms with Crippen molar-refractivity contribution in [2.24, 2.45) is 0 Å². The van der Waals surface area contributed by atoms with E-state index < -0.39 is 5.97 Å². The van der Waals surface area contributed by atoms with Gasteiger partial charge in [-0.05, 0) is 31.7 Å². The number of ether oxygens (including phenoxy) is 1. The first-order valence-corrected chi connectivity index (χ1v) is 10.3. The maximum Gasteiger partial charge on any atom is 0.339 e. The molecule has 1 saturated heterocycles. The number of carbonyl (C=O) groups excluding carboxylic acids is 1. The van der Waals surface area contributed by atoms with E-state index in [2.05, 4.69) is 18.9 Å². The van der Waals surface area contributed by atoms with E-state index in [0.29, 0.717) is 12.0 Å². The van der Waals surface area contributed by atoms with Crippen LogP contribution in [0.25, 0.3) is 0 Å². The molecule has 0 aromatic heterocycles. The SMILES string of the molecule is CCCCCCCCCC(=O)c1ccc(O)c(C(=O)O)c1.CN1CCOCC1. The molecule has 0 amide bonds. The maximum absolute atomic E-state index is 12.0. The molecule has 1 fully saturated rings. The van der Waals surface area contributed by atoms with E-state index in [1.54, 1.807) is 0 Å². The summed E-state index contributed by atoms with van der Waals surface area (Å²) in [4.78, 5) is 25.2. The lowest BCUT2D eigenvalue weighted by Crippen LogP contribution is -2.32. The second-order valence-corrected chi connectivity index (χ2v) is 7.25. The molecule has 2 N–H and O–H groups in total. The number of hydrogen-bond acceptors (Lipinski definition) is 5. The zero-order valence-electron chi connectivity index (χ0n) is 17.3. The number of nitrogens with zero attached hydrogens (tertiary/aromatic N) is 1. The van der Waals surface area contributed by atoms with Crippen molar-refractivity contribution < 1.29 is 24.5 Å². The standard InChI is InChI=1S/C17H24O4.C5H11NO/c1-2-3-4-5-6-7-8-9-15(18)13-10-11-16(19)14(12-13)17(20)21;1-6-2-4-7-5-3-6/h10-12,19H,2-9H2,1H3,(H,20,21);2-5H2,1H3. The summed E-state index contributed by atoms with van der Waals surface area (Å²) in [6, 6.07) is 3.99. The predicted octanol–water partition coefficient (Wildman–Crippen LogP) is 4.36. The number of ketones is 1. The highest BCUT2D eigenvalue weighted by Crippen LogP contribution is 2.20. The fourth-order valence-electron chi connectivity index (χ4n) is 2.92. The quantitative estimate of drug-likeness (QED) is 0.454. The van der Waals surface area contributed by atoms with E-state index in [0.717, 1.165) is 45.6 Å². The number of morpholine rings is 1. The summed E-state index contributed by atoms with van der Waals surface area (Å²) < 4.78 is 5.10. The van der Waals surface area contributed by atoms with Crippen LogP contribution in [0.3, 0.4) is 0 Å². The second kappa shape index (κ2) is 14.1. The van der Waals surface area contributed by atoms with Crippen LogP contribution in [0.1, 0.15) is 79.0 Å². The van der Waals surface area contributed by atoms with Crippen molar-refractivity contribution in [3.05, 3.63) is 29.3 Å². The molecule has 0 aliphatic carbocycles. The van der Waals surface area contributed by atoms with Crippen molar-refractivity contribution >= 4 is 11.8 Å². The van der Waals surface area contributed by atoms with Gasteiger partial charge in [-0.2, -0.15) is 0 Å². The Labute approximate surface area is 168 Å². The van der Waals surface area contributed by atoms with Crippen LogP contribution in [0, 0.1) is 0 Å². The van der Waals surface area contributed by atoms with E-state index in [9.17, 15) is 14.7 Å². The molecule has 0 radical (unpaired) electrons. The Bertz CT molecular complexity index is 597. The molecule has 0 bridgehead atoms. The molecule has 28 heavy (non-hydrogen) atoms. The number of benzene rings is 1. The number of carbonyl (C=O) groups is 2. The molecule has 1 aromatic rings. The molecule has 1 aromatic carbocycles. The Hall–Kier alpha value is -1.92. The lowest BCUT2D eigenvalue weighted by molar-refractivity contribution is 0.0503. The van der Waals surface area contributed by atoms with Crippen molar-refractivity contribution in [2.45, 2.75) is 58.3 Å². The van der Waals surface area contributed by atoms with Crippen LogP contribution >= 0.6 is 0 Å². The number of aromatic hydroxyl groups is 1. The topological polar surface area (TPSA) is 87.1 Å². The minimum atomic E-state index is -1.22. The summed E-state index contributed by atoms with van der Waals surface area (Å²) in [5.74, 6) is -1.60. The van der Waals surface area contributed by atoms with Gasteiger partial charge in [-0.3, -0.25) is 4.79 Å². The average Bonchev–Trinajstić information content (AvgIpc) is 2.68. The predicted molar refractivity (Wildman–Crippen MR) is 110 cm³/mol. The molecule has 0 spiro atoms. The van der Waals surface area contributed by atoms with Crippen molar-refractivity contribution in [1.82, 2.24) is 4.90 Å². The molecule has 6 nitrogen and oxygen atoms in total. The van der Waals surface area contributed by atoms with E-state index in [1.165, 1.54) is 43.9 Å². The van der Waals surface area contributed by atoms with Gasteiger partial charge in [-0.25, -0.2) is 4.79 Å². The third-order valence-corrected chi connectivity index (χ3v) is 4.79. The Morgan fingerprint density at radius 1 is 1.04 bits per heavy atom. The number of hydrogen-bond donors (Lipinski definition) is 2. The third-order valence-electron chi connectivity index (χ3n) is 4.79. The number of aromatic carboxylic acids is 1. The van der Waals surface area contributed by atoms with Crippen LogP contribution in [0.5, 0.6) is 5.75 Å². The van der Waals surface area contributed by atoms with Gasteiger partial charge >= 0.3 is 5.97 Å². The Morgan fingerprint density at radius 2 is 1.64 bits per heavy atom. The summed E-state index contributed by atoms with van der Waals surface area (Å²) in [7, 11) is 2.11. The average molecular weight is 394 g/mol. The van der Waals surface area contributed by atoms with Crippen LogP contribution in [-0.2, 0) is 4.74 Å². The highest BCUT2D eigenvalue weighted by atomic mass is 16.5. The molecule has 2 rings (SSSR count). The Kier molecular flexibility index (Phi) is 12.2. The van der Waals surface area contributed by atoms with Crippen molar-refractivity contribution in [3.63, 3.8) is 0 Å². The Balaban J connectivity index is 0.000000467. The third kappa shape index (κ3) is 9.85. The fraction of sp³-hybridized carbons (Fsp3) is 0.636. The first-order valence-electron chi connectivity index (χ1n) is 10.3. The van der Waals surface area contributed by atoms with Gasteiger partial charge in [0.05, 0.1) is 13.2 Å². The number of unbranched alkanes of at least 4 members (excludes halogenated alkanes) is 6. The summed E-state index contributed by atoms with van der Waals surface area (Å²) in [6.45, 7) is 6.20. The Morgan fingerprint density at radius 3 is 2.18 bits per heavy atom. The van der Waals surface area contributed by atoms with E-state index in [-0.39, 0.29) is 17.1 Å². The van der Waals surface area contributed by atoms with Crippen LogP contribution in [0.2, 0.25) is 0 Å². The minimum absolute atomic E-state index is 0.0638. The van der Waals surface area contributed by atoms with E-state index >= 15 is 0 Å². The molecule has 0 atom stereocenters. The number of carboxylic acids is 1. The molecule has 0 saturated carbocycles. The van der Waals surface area contributed by atoms with Crippen LogP contribution in [0.4, 0.5) is 0 Å². The smallest absolute Gasteiger partial charge is 0.339 e. The molecule has 1 aliphatic heterocycles. The monoisotopic (exact) mass is 393 g/mol. The lowest BCUT2D eigenvalue weighted by Gasteiger charge is -2.21. The molecule has 6 heteroatoms. The van der Waals surface area contributed by atoms with E-state index in [1.807, 2.05) is 0 Å². The number of phenols is 1. The van der Waals surface area contributed by atoms with Crippen LogP contribution in [0.15, 0.2) is 18.2 Å². The van der Waals surface area contributed by atoms with Gasteiger partial charge in [-0.1, -0.05) is 45.4 Å². The molecular formula is C22H35NO5. The normalized spacial score (nSPS) is 14.2. The second-order valence-electron chi connectivity index (χ2n) is 7.25. The number of carboxylic acid groups (broad SMARTS) is 1. The van der Waals surface area contributed by atoms with E-state index in [4.69, 9.17) is 9.84 Å². The molecular weight excluding hydrogens is 358 g/mol. The van der Waals surface area contributed by atoms with Gasteiger partial charge in [0.25, 0.3) is 0 Å². The zero-order chi connectivity index (χ0) is 20.8. The highest BCUT2D eigenvalue weighted by Gasteiger charge is 2.13. The van der Waals surface area contributed by atoms with Gasteiger partial charge in [0.2, 0.25) is 0 Å². The van der Waals surface area contributed by atoms with Crippen molar-refractivity contribution in [2.75, 3.05) is 33.4 Å². The zero-order valence-corrected chi connectivity index (χ0v) is 17.3. The molecule has 1 heterocycles. The van der Waals surface area contributed by atoms with Crippen LogP contribution in [-0.4, -0.2) is 60.2 Å². The first-order chi connectivity index (χ1) is 13.5. The molecule has 0 unspecified atom stereocenters. The van der Waals surface area contributed by atoms with Gasteiger partial charge in [-0.15, -0.1) is 0 Å². The highest BCUT2D eigenvalue weighted by molar-refractivity contribution is 5.99. The number of rotatable bonds is 10. The van der Waals surface area contributed by atoms with Crippen LogP contribution < -0.4 is 0 Å². The van der Waals surface area contributed by atoms with Crippen molar-refractivity contribution in [1.29, 1.82) is 0 Å². The summed E-state index contributed by atoms with van der Waals surface area (Å²) in [6.07, 6.45) is 8.39. The fourth-order valence-corrected chi connectivity index (χ4v) is 2.92. The summed E-state index contributed by atoms with van der Waals surface area (Å²) >= 11 is 0. The molecule has 1 aliphatic rings. The maximum atomic E-state index is 12.0. The van der Waals surface area contributed by atoms with Gasteiger partial charge < -0.3 is 19.8 Å². The van der Waals surface area contributed by atoms with Gasteiger partial charge in [0.1, 0.15) is 11.3 Å². The van der Waals surface area contributed by atoms with Crippen molar-refractivity contribution in [3.8, 4) is 5.75 Å². The van der Waals surface area contributed by atoms with Gasteiger partial charge in [0.15, 0.2) is 5.78 Å². The first kappa shape index (κ1) is 24.1. The largest absolute Gasteiger partial charge is 0.507 e. The number of Topliss-reactive ketones (excluding diaryl/α,β-unsaturated/α-hetero) is 1. The van der Waals surface area contributed by atoms with Gasteiger partial charge in [0, 0.05) is 25.1 Å². The summed E-state index contributed by atoms with van der Waals surface area (Å²) in [5, 5.41) is 18.3.